The number of hydrogen-bond acceptors (Lipinski definition) is 2. The van der Waals surface area contributed by atoms with Gasteiger partial charge in [-0.2, -0.15) is 5.10 Å². The molecule has 0 radical (unpaired) electrons. The van der Waals surface area contributed by atoms with Crippen LogP contribution in [0.3, 0.4) is 0 Å². The van der Waals surface area contributed by atoms with Crippen LogP contribution in [-0.4, -0.2) is 20.1 Å². The van der Waals surface area contributed by atoms with E-state index >= 15 is 0 Å². The molecule has 1 aliphatic rings. The molecule has 0 fully saturated rings. The molecule has 1 aromatic heterocycles. The highest BCUT2D eigenvalue weighted by molar-refractivity contribution is 6.21. The first-order valence-electron chi connectivity index (χ1n) is 5.89. The predicted octanol–water partition coefficient (Wildman–Crippen LogP) is 3.12. The number of alkyl halides is 1. The van der Waals surface area contributed by atoms with Crippen molar-refractivity contribution in [2.24, 2.45) is 0 Å². The summed E-state index contributed by atoms with van der Waals surface area (Å²) in [5.41, 5.74) is 1.40. The highest BCUT2D eigenvalue weighted by Crippen LogP contribution is 2.24. The van der Waals surface area contributed by atoms with Gasteiger partial charge in [-0.1, -0.05) is 11.6 Å². The zero-order chi connectivity index (χ0) is 11.5. The molecular formula is C12H18ClN3. The van der Waals surface area contributed by atoms with Gasteiger partial charge in [0.05, 0.1) is 5.38 Å². The summed E-state index contributed by atoms with van der Waals surface area (Å²) in [7, 11) is 0. The van der Waals surface area contributed by atoms with Crippen LogP contribution >= 0.6 is 11.6 Å². The van der Waals surface area contributed by atoms with Crippen molar-refractivity contribution < 1.29 is 0 Å². The second-order valence-electron chi connectivity index (χ2n) is 4.62. The van der Waals surface area contributed by atoms with E-state index in [-0.39, 0.29) is 5.38 Å². The standard InChI is InChI=1S/C12H18ClN3/c1-9(2)16-12(14-8-15-16)7-10-4-3-5-11(13)6-10/h6,8-9,11H,3-5,7H2,1-2H3. The summed E-state index contributed by atoms with van der Waals surface area (Å²) in [5.74, 6) is 1.05. The lowest BCUT2D eigenvalue weighted by molar-refractivity contribution is 0.507. The molecular weight excluding hydrogens is 222 g/mol. The maximum absolute atomic E-state index is 6.13. The molecule has 0 N–H and O–H groups in total. The molecule has 1 atom stereocenters. The Kier molecular flexibility index (Phi) is 3.64. The van der Waals surface area contributed by atoms with Crippen LogP contribution in [0.25, 0.3) is 0 Å². The highest BCUT2D eigenvalue weighted by Gasteiger charge is 2.14. The Bertz CT molecular complexity index is 381. The fourth-order valence-corrected chi connectivity index (χ4v) is 2.46. The molecule has 0 aromatic carbocycles. The number of hydrogen-bond donors (Lipinski definition) is 0. The second kappa shape index (κ2) is 5.00. The topological polar surface area (TPSA) is 30.7 Å². The van der Waals surface area contributed by atoms with E-state index in [1.165, 1.54) is 12.0 Å². The Morgan fingerprint density at radius 3 is 3.06 bits per heavy atom. The molecule has 1 unspecified atom stereocenters. The minimum Gasteiger partial charge on any atom is -0.247 e. The highest BCUT2D eigenvalue weighted by atomic mass is 35.5. The van der Waals surface area contributed by atoms with Gasteiger partial charge in [-0.25, -0.2) is 9.67 Å². The maximum atomic E-state index is 6.13. The number of rotatable bonds is 3. The molecule has 0 saturated heterocycles. The molecule has 88 valence electrons. The predicted molar refractivity (Wildman–Crippen MR) is 65.7 cm³/mol. The first-order valence-corrected chi connectivity index (χ1v) is 6.32. The quantitative estimate of drug-likeness (QED) is 0.599. The van der Waals surface area contributed by atoms with Gasteiger partial charge in [0.25, 0.3) is 0 Å². The molecule has 1 heterocycles. The van der Waals surface area contributed by atoms with E-state index in [2.05, 4.69) is 30.0 Å². The average molecular weight is 240 g/mol. The zero-order valence-corrected chi connectivity index (χ0v) is 10.6. The second-order valence-corrected chi connectivity index (χ2v) is 5.19. The summed E-state index contributed by atoms with van der Waals surface area (Å²) in [6.45, 7) is 4.25. The van der Waals surface area contributed by atoms with Crippen molar-refractivity contribution >= 4 is 11.6 Å². The van der Waals surface area contributed by atoms with Crippen LogP contribution in [0.15, 0.2) is 18.0 Å². The molecule has 1 aromatic rings. The molecule has 16 heavy (non-hydrogen) atoms. The monoisotopic (exact) mass is 239 g/mol. The van der Waals surface area contributed by atoms with Crippen molar-refractivity contribution in [1.29, 1.82) is 0 Å². The summed E-state index contributed by atoms with van der Waals surface area (Å²) < 4.78 is 1.98. The number of allylic oxidation sites excluding steroid dienone is 2. The minimum absolute atomic E-state index is 0.208. The van der Waals surface area contributed by atoms with Gasteiger partial charge in [-0.3, -0.25) is 0 Å². The normalized spacial score (nSPS) is 21.2. The van der Waals surface area contributed by atoms with Crippen molar-refractivity contribution in [3.8, 4) is 0 Å². The van der Waals surface area contributed by atoms with E-state index < -0.39 is 0 Å². The molecule has 1 aliphatic carbocycles. The third-order valence-electron chi connectivity index (χ3n) is 2.92. The molecule has 4 heteroatoms. The Hall–Kier alpha value is -0.830. The molecule has 0 spiro atoms. The largest absolute Gasteiger partial charge is 0.247 e. The van der Waals surface area contributed by atoms with Gasteiger partial charge in [0.1, 0.15) is 12.2 Å². The van der Waals surface area contributed by atoms with Gasteiger partial charge in [0, 0.05) is 12.5 Å². The van der Waals surface area contributed by atoms with Crippen LogP contribution in [0.1, 0.15) is 45.0 Å². The fourth-order valence-electron chi connectivity index (χ4n) is 2.13. The molecule has 0 bridgehead atoms. The van der Waals surface area contributed by atoms with Gasteiger partial charge >= 0.3 is 0 Å². The third kappa shape index (κ3) is 2.64. The van der Waals surface area contributed by atoms with E-state index in [9.17, 15) is 0 Å². The summed E-state index contributed by atoms with van der Waals surface area (Å²) in [6.07, 6.45) is 8.15. The Balaban J connectivity index is 2.11. The van der Waals surface area contributed by atoms with Gasteiger partial charge in [0.15, 0.2) is 0 Å². The van der Waals surface area contributed by atoms with Gasteiger partial charge in [-0.15, -0.1) is 11.6 Å². The number of nitrogens with zero attached hydrogens (tertiary/aromatic N) is 3. The minimum atomic E-state index is 0.208. The lowest BCUT2D eigenvalue weighted by atomic mass is 9.96. The van der Waals surface area contributed by atoms with Crippen LogP contribution in [0.5, 0.6) is 0 Å². The molecule has 2 rings (SSSR count). The van der Waals surface area contributed by atoms with Crippen molar-refractivity contribution in [3.63, 3.8) is 0 Å². The van der Waals surface area contributed by atoms with Gasteiger partial charge in [0.2, 0.25) is 0 Å². The lowest BCUT2D eigenvalue weighted by Gasteiger charge is -2.17. The first-order chi connectivity index (χ1) is 7.66. The molecule has 0 aliphatic heterocycles. The first kappa shape index (κ1) is 11.6. The average Bonchev–Trinajstić information content (AvgIpc) is 2.66. The van der Waals surface area contributed by atoms with Crippen LogP contribution < -0.4 is 0 Å². The van der Waals surface area contributed by atoms with Gasteiger partial charge in [-0.05, 0) is 33.1 Å². The smallest absolute Gasteiger partial charge is 0.138 e. The van der Waals surface area contributed by atoms with E-state index in [1.807, 2.05) is 4.68 Å². The number of halogens is 1. The Morgan fingerprint density at radius 1 is 1.56 bits per heavy atom. The van der Waals surface area contributed by atoms with Crippen LogP contribution in [0.4, 0.5) is 0 Å². The Morgan fingerprint density at radius 2 is 2.38 bits per heavy atom. The lowest BCUT2D eigenvalue weighted by Crippen LogP contribution is -2.11. The van der Waals surface area contributed by atoms with Crippen LogP contribution in [0.2, 0.25) is 0 Å². The van der Waals surface area contributed by atoms with Crippen molar-refractivity contribution in [2.75, 3.05) is 0 Å². The SMILES string of the molecule is CC(C)n1ncnc1CC1=CC(Cl)CCC1. The van der Waals surface area contributed by atoms with Crippen molar-refractivity contribution in [3.05, 3.63) is 23.8 Å². The third-order valence-corrected chi connectivity index (χ3v) is 3.26. The summed E-state index contributed by atoms with van der Waals surface area (Å²) in [6, 6.07) is 0.369. The fraction of sp³-hybridized carbons (Fsp3) is 0.667. The zero-order valence-electron chi connectivity index (χ0n) is 9.86. The summed E-state index contributed by atoms with van der Waals surface area (Å²) >= 11 is 6.13. The molecule has 0 saturated carbocycles. The van der Waals surface area contributed by atoms with Crippen LogP contribution in [-0.2, 0) is 6.42 Å². The van der Waals surface area contributed by atoms with E-state index in [0.717, 1.165) is 25.1 Å². The molecule has 3 nitrogen and oxygen atoms in total. The number of aromatic nitrogens is 3. The molecule has 0 amide bonds. The van der Waals surface area contributed by atoms with Gasteiger partial charge < -0.3 is 0 Å². The van der Waals surface area contributed by atoms with Crippen LogP contribution in [0, 0.1) is 0 Å². The van der Waals surface area contributed by atoms with E-state index in [1.54, 1.807) is 6.33 Å². The maximum Gasteiger partial charge on any atom is 0.138 e. The Labute approximate surface area is 102 Å². The van der Waals surface area contributed by atoms with Crippen molar-refractivity contribution in [1.82, 2.24) is 14.8 Å². The summed E-state index contributed by atoms with van der Waals surface area (Å²) in [5, 5.41) is 4.45. The summed E-state index contributed by atoms with van der Waals surface area (Å²) in [4.78, 5) is 4.32. The van der Waals surface area contributed by atoms with Crippen molar-refractivity contribution in [2.45, 2.75) is 50.9 Å². The van der Waals surface area contributed by atoms with E-state index in [0.29, 0.717) is 6.04 Å². The van der Waals surface area contributed by atoms with E-state index in [4.69, 9.17) is 11.6 Å².